The summed E-state index contributed by atoms with van der Waals surface area (Å²) in [6.07, 6.45) is 8.94. The zero-order valence-corrected chi connectivity index (χ0v) is 17.4. The van der Waals surface area contributed by atoms with E-state index in [-0.39, 0.29) is 18.2 Å². The lowest BCUT2D eigenvalue weighted by atomic mass is 9.92. The summed E-state index contributed by atoms with van der Waals surface area (Å²) in [5.41, 5.74) is 3.72. The molecule has 4 nitrogen and oxygen atoms in total. The second-order valence-electron chi connectivity index (χ2n) is 7.39. The average Bonchev–Trinajstić information content (AvgIpc) is 3.12. The molecule has 0 radical (unpaired) electrons. The van der Waals surface area contributed by atoms with Crippen molar-refractivity contribution in [3.63, 3.8) is 0 Å². The zero-order valence-electron chi connectivity index (χ0n) is 16.6. The highest BCUT2D eigenvalue weighted by Gasteiger charge is 2.27. The standard InChI is InChI=1S/C24H24N2O2S/c1-2-17-12-14-26(15-13-17)16-21(27)25-24-22(19-10-6-7-11-20(19)29-24)23(28)18-8-4-3-5-9-18/h3-5,8-9,12-15H,2,6-7,10-11,16H2,1H3/p+1. The number of anilines is 1. The van der Waals surface area contributed by atoms with Crippen LogP contribution >= 0.6 is 11.3 Å². The smallest absolute Gasteiger partial charge is 0.290 e. The first-order chi connectivity index (χ1) is 14.2. The molecule has 0 saturated carbocycles. The van der Waals surface area contributed by atoms with Gasteiger partial charge in [-0.05, 0) is 43.2 Å². The van der Waals surface area contributed by atoms with E-state index in [4.69, 9.17) is 0 Å². The number of rotatable bonds is 6. The number of aryl methyl sites for hydroxylation is 2. The van der Waals surface area contributed by atoms with Crippen LogP contribution in [0, 0.1) is 0 Å². The fraction of sp³-hybridized carbons (Fsp3) is 0.292. The molecule has 29 heavy (non-hydrogen) atoms. The highest BCUT2D eigenvalue weighted by Crippen LogP contribution is 2.39. The predicted octanol–water partition coefficient (Wildman–Crippen LogP) is 4.35. The minimum absolute atomic E-state index is 0.000233. The highest BCUT2D eigenvalue weighted by molar-refractivity contribution is 7.17. The minimum atomic E-state index is -0.111. The zero-order chi connectivity index (χ0) is 20.2. The van der Waals surface area contributed by atoms with Crippen LogP contribution in [0.5, 0.6) is 0 Å². The molecule has 0 bridgehead atoms. The van der Waals surface area contributed by atoms with Crippen molar-refractivity contribution >= 4 is 28.0 Å². The third-order valence-electron chi connectivity index (χ3n) is 5.38. The van der Waals surface area contributed by atoms with Gasteiger partial charge in [-0.15, -0.1) is 11.3 Å². The van der Waals surface area contributed by atoms with Crippen LogP contribution in [0.25, 0.3) is 0 Å². The Hall–Kier alpha value is -2.79. The number of nitrogens with one attached hydrogen (secondary N) is 1. The molecule has 0 aliphatic heterocycles. The van der Waals surface area contributed by atoms with Crippen molar-refractivity contribution in [3.8, 4) is 0 Å². The van der Waals surface area contributed by atoms with Crippen LogP contribution < -0.4 is 9.88 Å². The molecule has 0 fully saturated rings. The maximum Gasteiger partial charge on any atom is 0.290 e. The van der Waals surface area contributed by atoms with Crippen LogP contribution in [-0.2, 0) is 30.6 Å². The second-order valence-corrected chi connectivity index (χ2v) is 8.50. The molecule has 4 rings (SSSR count). The quantitative estimate of drug-likeness (QED) is 0.490. The molecule has 1 aromatic carbocycles. The summed E-state index contributed by atoms with van der Waals surface area (Å²) in [5.74, 6) is -0.111. The van der Waals surface area contributed by atoms with Gasteiger partial charge in [-0.2, -0.15) is 4.57 Å². The van der Waals surface area contributed by atoms with E-state index in [1.807, 2.05) is 59.4 Å². The fourth-order valence-electron chi connectivity index (χ4n) is 3.79. The third kappa shape index (κ3) is 4.30. The number of carbonyl (C=O) groups is 2. The maximum atomic E-state index is 13.3. The van der Waals surface area contributed by atoms with Gasteiger partial charge in [-0.25, -0.2) is 0 Å². The van der Waals surface area contributed by atoms with Gasteiger partial charge in [0.25, 0.3) is 5.91 Å². The van der Waals surface area contributed by atoms with Crippen LogP contribution in [0.4, 0.5) is 5.00 Å². The summed E-state index contributed by atoms with van der Waals surface area (Å²) in [5, 5.41) is 3.73. The Bertz CT molecular complexity index is 1020. The molecular formula is C24H25N2O2S+. The van der Waals surface area contributed by atoms with Gasteiger partial charge in [0.15, 0.2) is 18.2 Å². The molecule has 0 spiro atoms. The first-order valence-electron chi connectivity index (χ1n) is 10.2. The summed E-state index contributed by atoms with van der Waals surface area (Å²) in [4.78, 5) is 27.2. The van der Waals surface area contributed by atoms with E-state index in [2.05, 4.69) is 12.2 Å². The molecule has 2 heterocycles. The van der Waals surface area contributed by atoms with E-state index in [1.165, 1.54) is 10.4 Å². The van der Waals surface area contributed by atoms with Gasteiger partial charge in [0.05, 0.1) is 5.56 Å². The Morgan fingerprint density at radius 1 is 1.03 bits per heavy atom. The molecule has 1 aliphatic rings. The van der Waals surface area contributed by atoms with Gasteiger partial charge in [-0.1, -0.05) is 37.3 Å². The summed E-state index contributed by atoms with van der Waals surface area (Å²) in [6.45, 7) is 2.34. The molecule has 0 atom stereocenters. The average molecular weight is 406 g/mol. The fourth-order valence-corrected chi connectivity index (χ4v) is 5.09. The Morgan fingerprint density at radius 3 is 2.48 bits per heavy atom. The Balaban J connectivity index is 1.60. The number of benzene rings is 1. The summed E-state index contributed by atoms with van der Waals surface area (Å²) in [7, 11) is 0. The highest BCUT2D eigenvalue weighted by atomic mass is 32.1. The summed E-state index contributed by atoms with van der Waals surface area (Å²) in [6, 6.07) is 13.4. The molecule has 0 saturated heterocycles. The van der Waals surface area contributed by atoms with E-state index in [0.717, 1.165) is 37.7 Å². The maximum absolute atomic E-state index is 13.3. The lowest BCUT2D eigenvalue weighted by molar-refractivity contribution is -0.684. The number of hydrogen-bond acceptors (Lipinski definition) is 3. The molecule has 3 aromatic rings. The number of nitrogens with zero attached hydrogens (tertiary/aromatic N) is 1. The van der Waals surface area contributed by atoms with Gasteiger partial charge in [0.1, 0.15) is 5.00 Å². The van der Waals surface area contributed by atoms with E-state index in [1.54, 1.807) is 11.3 Å². The lowest BCUT2D eigenvalue weighted by Crippen LogP contribution is -2.39. The van der Waals surface area contributed by atoms with Gasteiger partial charge in [0.2, 0.25) is 6.54 Å². The van der Waals surface area contributed by atoms with Crippen molar-refractivity contribution in [1.82, 2.24) is 0 Å². The molecule has 1 aliphatic carbocycles. The van der Waals surface area contributed by atoms with Crippen molar-refractivity contribution in [2.45, 2.75) is 45.6 Å². The molecule has 148 valence electrons. The minimum Gasteiger partial charge on any atom is -0.312 e. The van der Waals surface area contributed by atoms with Crippen molar-refractivity contribution < 1.29 is 14.2 Å². The summed E-state index contributed by atoms with van der Waals surface area (Å²) < 4.78 is 1.86. The third-order valence-corrected chi connectivity index (χ3v) is 6.59. The summed E-state index contributed by atoms with van der Waals surface area (Å²) >= 11 is 1.57. The Kier molecular flexibility index (Phi) is 5.86. The van der Waals surface area contributed by atoms with Crippen LogP contribution in [0.15, 0.2) is 54.9 Å². The molecular weight excluding hydrogens is 380 g/mol. The van der Waals surface area contributed by atoms with Gasteiger partial charge in [-0.3, -0.25) is 9.59 Å². The number of pyridine rings is 1. The lowest BCUT2D eigenvalue weighted by Gasteiger charge is -2.12. The van der Waals surface area contributed by atoms with Crippen LogP contribution in [0.1, 0.15) is 51.7 Å². The van der Waals surface area contributed by atoms with Gasteiger partial charge >= 0.3 is 0 Å². The number of aromatic nitrogens is 1. The van der Waals surface area contributed by atoms with Crippen LogP contribution in [0.2, 0.25) is 0 Å². The second kappa shape index (κ2) is 8.70. The SMILES string of the molecule is CCc1cc[n+](CC(=O)Nc2sc3c(c2C(=O)c2ccccc2)CCCC3)cc1. The Labute approximate surface area is 175 Å². The topological polar surface area (TPSA) is 50.0 Å². The Morgan fingerprint density at radius 2 is 1.76 bits per heavy atom. The number of ketones is 1. The monoisotopic (exact) mass is 405 g/mol. The van der Waals surface area contributed by atoms with E-state index < -0.39 is 0 Å². The molecule has 1 amide bonds. The van der Waals surface area contributed by atoms with Crippen molar-refractivity contribution in [1.29, 1.82) is 0 Å². The molecule has 0 unspecified atom stereocenters. The van der Waals surface area contributed by atoms with Crippen molar-refractivity contribution in [2.24, 2.45) is 0 Å². The van der Waals surface area contributed by atoms with E-state index in [0.29, 0.717) is 16.1 Å². The van der Waals surface area contributed by atoms with Crippen LogP contribution in [0.3, 0.4) is 0 Å². The van der Waals surface area contributed by atoms with Crippen molar-refractivity contribution in [2.75, 3.05) is 5.32 Å². The number of amides is 1. The van der Waals surface area contributed by atoms with Gasteiger partial charge in [0, 0.05) is 22.6 Å². The largest absolute Gasteiger partial charge is 0.312 e. The molecule has 1 N–H and O–H groups in total. The molecule has 2 aromatic heterocycles. The van der Waals surface area contributed by atoms with Crippen LogP contribution in [-0.4, -0.2) is 11.7 Å². The number of carbonyl (C=O) groups excluding carboxylic acids is 2. The number of hydrogen-bond donors (Lipinski definition) is 1. The number of fused-ring (bicyclic) bond motifs is 1. The molecule has 5 heteroatoms. The number of thiophene rings is 1. The first-order valence-corrected chi connectivity index (χ1v) is 11.0. The van der Waals surface area contributed by atoms with E-state index in [9.17, 15) is 9.59 Å². The van der Waals surface area contributed by atoms with Crippen molar-refractivity contribution in [3.05, 3.63) is 82.0 Å². The first kappa shape index (κ1) is 19.5. The van der Waals surface area contributed by atoms with Gasteiger partial charge < -0.3 is 5.32 Å². The normalized spacial score (nSPS) is 13.0. The predicted molar refractivity (Wildman–Crippen MR) is 115 cm³/mol. The van der Waals surface area contributed by atoms with E-state index >= 15 is 0 Å².